The minimum atomic E-state index is -0.635. The molecule has 0 aliphatic heterocycles. The first-order valence-corrected chi connectivity index (χ1v) is 6.05. The summed E-state index contributed by atoms with van der Waals surface area (Å²) in [6.45, 7) is 2.31. The van der Waals surface area contributed by atoms with E-state index in [9.17, 15) is 4.39 Å². The van der Waals surface area contributed by atoms with Gasteiger partial charge in [0.15, 0.2) is 5.75 Å². The van der Waals surface area contributed by atoms with E-state index in [2.05, 4.69) is 0 Å². The highest BCUT2D eigenvalue weighted by molar-refractivity contribution is 5.64. The summed E-state index contributed by atoms with van der Waals surface area (Å²) >= 11 is 0. The number of rotatable bonds is 4. The van der Waals surface area contributed by atoms with Crippen LogP contribution in [-0.2, 0) is 0 Å². The molecular formula is C15H13FN2O2. The fourth-order valence-electron chi connectivity index (χ4n) is 1.71. The van der Waals surface area contributed by atoms with Crippen LogP contribution in [0.15, 0.2) is 36.4 Å². The van der Waals surface area contributed by atoms with Crippen molar-refractivity contribution in [2.75, 3.05) is 12.3 Å². The molecule has 0 fully saturated rings. The van der Waals surface area contributed by atoms with E-state index in [-0.39, 0.29) is 11.3 Å². The molecule has 4 nitrogen and oxygen atoms in total. The standard InChI is InChI=1S/C15H13FN2O2/c1-2-19-13-7-4-8-14(15(13)18)20-12-6-3-5-11(16)10(12)9-17/h3-8H,2,18H2,1H3. The van der Waals surface area contributed by atoms with Gasteiger partial charge in [0.05, 0.1) is 6.61 Å². The van der Waals surface area contributed by atoms with Crippen LogP contribution in [0.1, 0.15) is 12.5 Å². The first-order valence-electron chi connectivity index (χ1n) is 6.05. The van der Waals surface area contributed by atoms with Gasteiger partial charge in [-0.3, -0.25) is 0 Å². The number of para-hydroxylation sites is 1. The molecule has 20 heavy (non-hydrogen) atoms. The van der Waals surface area contributed by atoms with Crippen molar-refractivity contribution in [1.29, 1.82) is 5.26 Å². The Morgan fingerprint density at radius 1 is 1.15 bits per heavy atom. The molecule has 5 heteroatoms. The first kappa shape index (κ1) is 13.7. The number of hydrogen-bond acceptors (Lipinski definition) is 4. The van der Waals surface area contributed by atoms with Crippen LogP contribution in [0.2, 0.25) is 0 Å². The number of hydrogen-bond donors (Lipinski definition) is 1. The lowest BCUT2D eigenvalue weighted by atomic mass is 10.2. The second-order valence-corrected chi connectivity index (χ2v) is 3.93. The summed E-state index contributed by atoms with van der Waals surface area (Å²) in [6, 6.07) is 11.0. The summed E-state index contributed by atoms with van der Waals surface area (Å²) in [5, 5.41) is 8.96. The lowest BCUT2D eigenvalue weighted by molar-refractivity contribution is 0.340. The third-order valence-electron chi connectivity index (χ3n) is 2.63. The lowest BCUT2D eigenvalue weighted by Gasteiger charge is -2.13. The molecule has 0 aromatic heterocycles. The minimum absolute atomic E-state index is 0.118. The highest BCUT2D eigenvalue weighted by atomic mass is 19.1. The Kier molecular flexibility index (Phi) is 4.06. The largest absolute Gasteiger partial charge is 0.492 e. The van der Waals surface area contributed by atoms with E-state index in [0.717, 1.165) is 0 Å². The minimum Gasteiger partial charge on any atom is -0.492 e. The van der Waals surface area contributed by atoms with Crippen LogP contribution in [0, 0.1) is 17.1 Å². The van der Waals surface area contributed by atoms with E-state index in [0.29, 0.717) is 23.8 Å². The van der Waals surface area contributed by atoms with Crippen molar-refractivity contribution >= 4 is 5.69 Å². The molecule has 0 saturated heterocycles. The summed E-state index contributed by atoms with van der Waals surface area (Å²) in [5.74, 6) is 0.287. The number of halogens is 1. The van der Waals surface area contributed by atoms with Crippen molar-refractivity contribution in [3.05, 3.63) is 47.8 Å². The highest BCUT2D eigenvalue weighted by Gasteiger charge is 2.13. The van der Waals surface area contributed by atoms with Crippen LogP contribution in [0.4, 0.5) is 10.1 Å². The summed E-state index contributed by atoms with van der Waals surface area (Å²) in [6.07, 6.45) is 0. The monoisotopic (exact) mass is 272 g/mol. The van der Waals surface area contributed by atoms with Crippen LogP contribution in [0.25, 0.3) is 0 Å². The Bertz CT molecular complexity index is 665. The van der Waals surface area contributed by atoms with Crippen LogP contribution in [-0.4, -0.2) is 6.61 Å². The van der Waals surface area contributed by atoms with Crippen molar-refractivity contribution in [3.63, 3.8) is 0 Å². The zero-order valence-corrected chi connectivity index (χ0v) is 10.9. The normalized spacial score (nSPS) is 9.85. The molecule has 0 aliphatic carbocycles. The zero-order valence-electron chi connectivity index (χ0n) is 10.9. The van der Waals surface area contributed by atoms with Gasteiger partial charge in [0.2, 0.25) is 0 Å². The molecule has 0 saturated carbocycles. The lowest BCUT2D eigenvalue weighted by Crippen LogP contribution is -2.00. The summed E-state index contributed by atoms with van der Waals surface area (Å²) in [4.78, 5) is 0. The number of nitriles is 1. The molecule has 0 aliphatic rings. The number of benzene rings is 2. The molecule has 0 amide bonds. The Hall–Kier alpha value is -2.74. The average Bonchev–Trinajstić information content (AvgIpc) is 2.44. The van der Waals surface area contributed by atoms with Gasteiger partial charge in [-0.15, -0.1) is 0 Å². The van der Waals surface area contributed by atoms with Crippen molar-refractivity contribution in [2.45, 2.75) is 6.92 Å². The maximum atomic E-state index is 13.5. The Labute approximate surface area is 116 Å². The molecule has 2 aromatic carbocycles. The average molecular weight is 272 g/mol. The smallest absolute Gasteiger partial charge is 0.154 e. The molecule has 0 unspecified atom stereocenters. The maximum Gasteiger partial charge on any atom is 0.154 e. The Balaban J connectivity index is 2.39. The predicted octanol–water partition coefficient (Wildman–Crippen LogP) is 3.47. The first-order chi connectivity index (χ1) is 9.67. The van der Waals surface area contributed by atoms with Gasteiger partial charge in [-0.2, -0.15) is 5.26 Å². The molecule has 0 atom stereocenters. The van der Waals surface area contributed by atoms with E-state index < -0.39 is 5.82 Å². The third kappa shape index (κ3) is 2.64. The van der Waals surface area contributed by atoms with Crippen molar-refractivity contribution in [1.82, 2.24) is 0 Å². The Morgan fingerprint density at radius 3 is 2.50 bits per heavy atom. The van der Waals surface area contributed by atoms with E-state index in [1.165, 1.54) is 18.2 Å². The third-order valence-corrected chi connectivity index (χ3v) is 2.63. The van der Waals surface area contributed by atoms with Crippen molar-refractivity contribution in [3.8, 4) is 23.3 Å². The topological polar surface area (TPSA) is 68.3 Å². The molecular weight excluding hydrogens is 259 g/mol. The Morgan fingerprint density at radius 2 is 1.80 bits per heavy atom. The molecule has 102 valence electrons. The SMILES string of the molecule is CCOc1cccc(Oc2cccc(F)c2C#N)c1N. The van der Waals surface area contributed by atoms with Crippen LogP contribution in [0.5, 0.6) is 17.2 Å². The second kappa shape index (κ2) is 5.93. The number of nitrogens with zero attached hydrogens (tertiary/aromatic N) is 1. The van der Waals surface area contributed by atoms with E-state index in [4.69, 9.17) is 20.5 Å². The predicted molar refractivity (Wildman–Crippen MR) is 73.2 cm³/mol. The van der Waals surface area contributed by atoms with Gasteiger partial charge in [0.25, 0.3) is 0 Å². The van der Waals surface area contributed by atoms with Gasteiger partial charge in [-0.1, -0.05) is 12.1 Å². The second-order valence-electron chi connectivity index (χ2n) is 3.93. The van der Waals surface area contributed by atoms with Gasteiger partial charge in [-0.05, 0) is 31.2 Å². The van der Waals surface area contributed by atoms with Crippen molar-refractivity contribution in [2.24, 2.45) is 0 Å². The van der Waals surface area contributed by atoms with Crippen LogP contribution >= 0.6 is 0 Å². The van der Waals surface area contributed by atoms with Gasteiger partial charge in [0, 0.05) is 0 Å². The summed E-state index contributed by atoms with van der Waals surface area (Å²) in [7, 11) is 0. The zero-order chi connectivity index (χ0) is 14.5. The number of anilines is 1. The van der Waals surface area contributed by atoms with Gasteiger partial charge in [0.1, 0.15) is 34.6 Å². The molecule has 0 spiro atoms. The fraction of sp³-hybridized carbons (Fsp3) is 0.133. The van der Waals surface area contributed by atoms with E-state index >= 15 is 0 Å². The molecule has 2 N–H and O–H groups in total. The fourth-order valence-corrected chi connectivity index (χ4v) is 1.71. The van der Waals surface area contributed by atoms with Gasteiger partial charge >= 0.3 is 0 Å². The number of ether oxygens (including phenoxy) is 2. The quantitative estimate of drug-likeness (QED) is 0.865. The number of nitrogen functional groups attached to an aromatic ring is 1. The van der Waals surface area contributed by atoms with Crippen LogP contribution < -0.4 is 15.2 Å². The summed E-state index contributed by atoms with van der Waals surface area (Å²) in [5.41, 5.74) is 6.07. The number of nitrogens with two attached hydrogens (primary N) is 1. The van der Waals surface area contributed by atoms with Crippen LogP contribution in [0.3, 0.4) is 0 Å². The summed E-state index contributed by atoms with van der Waals surface area (Å²) < 4.78 is 24.4. The molecule has 0 heterocycles. The maximum absolute atomic E-state index is 13.5. The molecule has 0 radical (unpaired) electrons. The molecule has 2 aromatic rings. The van der Waals surface area contributed by atoms with E-state index in [1.54, 1.807) is 24.3 Å². The van der Waals surface area contributed by atoms with Gasteiger partial charge in [-0.25, -0.2) is 4.39 Å². The highest BCUT2D eigenvalue weighted by Crippen LogP contribution is 2.35. The van der Waals surface area contributed by atoms with E-state index in [1.807, 2.05) is 6.92 Å². The molecule has 2 rings (SSSR count). The molecule has 0 bridgehead atoms. The van der Waals surface area contributed by atoms with Gasteiger partial charge < -0.3 is 15.2 Å². The van der Waals surface area contributed by atoms with Crippen molar-refractivity contribution < 1.29 is 13.9 Å².